The number of nitrogens with zero attached hydrogens (tertiary/aromatic N) is 4. The number of piperidine rings is 1. The van der Waals surface area contributed by atoms with Gasteiger partial charge >= 0.3 is 0 Å². The Balaban J connectivity index is 1.41. The molecule has 30 heavy (non-hydrogen) atoms. The van der Waals surface area contributed by atoms with Crippen LogP contribution in [-0.4, -0.2) is 52.2 Å². The first kappa shape index (κ1) is 19.7. The normalized spacial score (nSPS) is 25.4. The van der Waals surface area contributed by atoms with Crippen LogP contribution in [0.3, 0.4) is 0 Å². The lowest BCUT2D eigenvalue weighted by atomic mass is 9.74. The van der Waals surface area contributed by atoms with Gasteiger partial charge in [0.05, 0.1) is 11.0 Å². The zero-order valence-corrected chi connectivity index (χ0v) is 17.7. The number of pyridine rings is 1. The van der Waals surface area contributed by atoms with E-state index in [4.69, 9.17) is 14.2 Å². The summed E-state index contributed by atoms with van der Waals surface area (Å²) in [6, 6.07) is 1.90. The van der Waals surface area contributed by atoms with Crippen LogP contribution in [-0.2, 0) is 10.2 Å². The van der Waals surface area contributed by atoms with E-state index in [0.717, 1.165) is 69.1 Å². The summed E-state index contributed by atoms with van der Waals surface area (Å²) >= 11 is 0. The molecule has 7 nitrogen and oxygen atoms in total. The van der Waals surface area contributed by atoms with Crippen molar-refractivity contribution in [1.82, 2.24) is 20.0 Å². The summed E-state index contributed by atoms with van der Waals surface area (Å²) in [4.78, 5) is 24.4. The predicted molar refractivity (Wildman–Crippen MR) is 110 cm³/mol. The minimum atomic E-state index is -0.210. The molecule has 2 aromatic rings. The quantitative estimate of drug-likeness (QED) is 0.749. The minimum Gasteiger partial charge on any atom is -0.381 e. The Morgan fingerprint density at radius 1 is 1.27 bits per heavy atom. The summed E-state index contributed by atoms with van der Waals surface area (Å²) < 4.78 is 11.2. The van der Waals surface area contributed by atoms with Crippen molar-refractivity contribution in [3.63, 3.8) is 0 Å². The molecule has 7 heteroatoms. The Morgan fingerprint density at radius 2 is 2.10 bits per heavy atom. The average molecular weight is 411 g/mol. The lowest BCUT2D eigenvalue weighted by Gasteiger charge is -2.41. The molecule has 1 aliphatic carbocycles. The lowest BCUT2D eigenvalue weighted by molar-refractivity contribution is 0.0606. The van der Waals surface area contributed by atoms with Crippen molar-refractivity contribution in [2.75, 3.05) is 26.3 Å². The molecular formula is C23H30N4O3. The Labute approximate surface area is 177 Å². The topological polar surface area (TPSA) is 81.4 Å². The molecule has 0 N–H and O–H groups in total. The van der Waals surface area contributed by atoms with Gasteiger partial charge in [0.1, 0.15) is 0 Å². The van der Waals surface area contributed by atoms with Crippen LogP contribution in [0.5, 0.6) is 0 Å². The van der Waals surface area contributed by atoms with E-state index >= 15 is 0 Å². The van der Waals surface area contributed by atoms with Gasteiger partial charge in [0.25, 0.3) is 5.91 Å². The first-order chi connectivity index (χ1) is 14.6. The third-order valence-electron chi connectivity index (χ3n) is 7.00. The molecule has 160 valence electrons. The zero-order chi connectivity index (χ0) is 20.6. The molecule has 1 unspecified atom stereocenters. The predicted octanol–water partition coefficient (Wildman–Crippen LogP) is 3.64. The van der Waals surface area contributed by atoms with Crippen molar-refractivity contribution in [2.24, 2.45) is 5.92 Å². The van der Waals surface area contributed by atoms with Gasteiger partial charge < -0.3 is 14.2 Å². The molecule has 0 spiro atoms. The molecule has 2 aliphatic heterocycles. The summed E-state index contributed by atoms with van der Waals surface area (Å²) in [6.45, 7) is 4.90. The molecule has 0 radical (unpaired) electrons. The molecule has 3 aliphatic rings. The number of aryl methyl sites for hydroxylation is 1. The summed E-state index contributed by atoms with van der Waals surface area (Å²) in [5, 5.41) is 4.47. The Kier molecular flexibility index (Phi) is 5.31. The molecule has 1 atom stereocenters. The summed E-state index contributed by atoms with van der Waals surface area (Å²) in [5.41, 5.74) is 1.45. The van der Waals surface area contributed by atoms with Crippen LogP contribution in [0.15, 0.2) is 23.0 Å². The van der Waals surface area contributed by atoms with Gasteiger partial charge in [-0.3, -0.25) is 9.78 Å². The van der Waals surface area contributed by atoms with Crippen molar-refractivity contribution in [2.45, 2.75) is 63.2 Å². The maximum atomic E-state index is 13.3. The summed E-state index contributed by atoms with van der Waals surface area (Å²) in [5.74, 6) is 2.61. The molecule has 3 fully saturated rings. The summed E-state index contributed by atoms with van der Waals surface area (Å²) in [7, 11) is 0. The highest BCUT2D eigenvalue weighted by molar-refractivity contribution is 5.95. The molecule has 2 aromatic heterocycles. The van der Waals surface area contributed by atoms with Crippen molar-refractivity contribution >= 4 is 5.91 Å². The molecule has 2 saturated heterocycles. The molecule has 5 rings (SSSR count). The molecule has 0 aromatic carbocycles. The highest BCUT2D eigenvalue weighted by Gasteiger charge is 2.46. The lowest BCUT2D eigenvalue weighted by Crippen LogP contribution is -2.49. The molecule has 0 bridgehead atoms. The number of likely N-dealkylation sites (tertiary alicyclic amines) is 1. The minimum absolute atomic E-state index is 0.0635. The molecular weight excluding hydrogens is 380 g/mol. The molecule has 1 amide bonds. The van der Waals surface area contributed by atoms with E-state index in [2.05, 4.69) is 10.1 Å². The van der Waals surface area contributed by atoms with Crippen LogP contribution >= 0.6 is 0 Å². The number of amides is 1. The average Bonchev–Trinajstić information content (AvgIpc) is 3.44. The van der Waals surface area contributed by atoms with Gasteiger partial charge in [0, 0.05) is 44.6 Å². The van der Waals surface area contributed by atoms with E-state index < -0.39 is 0 Å². The third kappa shape index (κ3) is 3.87. The van der Waals surface area contributed by atoms with Gasteiger partial charge in [-0.25, -0.2) is 0 Å². The zero-order valence-electron chi connectivity index (χ0n) is 17.7. The van der Waals surface area contributed by atoms with Crippen molar-refractivity contribution in [3.05, 3.63) is 41.3 Å². The van der Waals surface area contributed by atoms with Crippen LogP contribution in [0.25, 0.3) is 0 Å². The van der Waals surface area contributed by atoms with Crippen LogP contribution in [0.2, 0.25) is 0 Å². The first-order valence-corrected chi connectivity index (χ1v) is 11.3. The second-order valence-corrected chi connectivity index (χ2v) is 9.29. The van der Waals surface area contributed by atoms with Gasteiger partial charge in [-0.15, -0.1) is 0 Å². The third-order valence-corrected chi connectivity index (χ3v) is 7.00. The monoisotopic (exact) mass is 410 g/mol. The van der Waals surface area contributed by atoms with Crippen LogP contribution < -0.4 is 0 Å². The Hall–Kier alpha value is -2.28. The van der Waals surface area contributed by atoms with E-state index in [9.17, 15) is 4.79 Å². The number of hydrogen-bond acceptors (Lipinski definition) is 6. The van der Waals surface area contributed by atoms with Gasteiger partial charge in [-0.05, 0) is 56.6 Å². The van der Waals surface area contributed by atoms with Gasteiger partial charge in [0.2, 0.25) is 5.89 Å². The number of rotatable bonds is 5. The second kappa shape index (κ2) is 8.10. The molecule has 4 heterocycles. The van der Waals surface area contributed by atoms with Crippen LogP contribution in [0.1, 0.15) is 78.5 Å². The van der Waals surface area contributed by atoms with Gasteiger partial charge in [-0.1, -0.05) is 18.0 Å². The summed E-state index contributed by atoms with van der Waals surface area (Å²) in [6.07, 6.45) is 10.8. The smallest absolute Gasteiger partial charge is 0.255 e. The first-order valence-electron chi connectivity index (χ1n) is 11.3. The van der Waals surface area contributed by atoms with E-state index in [1.807, 2.05) is 17.9 Å². The second-order valence-electron chi connectivity index (χ2n) is 9.29. The number of aromatic nitrogens is 3. The van der Waals surface area contributed by atoms with Crippen LogP contribution in [0.4, 0.5) is 0 Å². The number of carbonyl (C=O) groups is 1. The Morgan fingerprint density at radius 3 is 2.87 bits per heavy atom. The fourth-order valence-corrected chi connectivity index (χ4v) is 5.04. The van der Waals surface area contributed by atoms with E-state index in [1.54, 1.807) is 12.4 Å². The highest BCUT2D eigenvalue weighted by atomic mass is 16.5. The maximum absolute atomic E-state index is 13.3. The standard InChI is InChI=1S/C23H30N4O3/c1-16-5-9-24-14-19(16)21(28)27-10-2-8-23(15-27,13-17-3-4-17)22-25-20(30-26-22)18-6-11-29-12-7-18/h5,9,14,17-18H,2-4,6-8,10-13,15H2,1H3. The number of hydrogen-bond donors (Lipinski definition) is 0. The SMILES string of the molecule is Cc1ccncc1C(=O)N1CCCC(CC2CC2)(c2noc(C3CCOCC3)n2)C1. The van der Waals surface area contributed by atoms with Crippen molar-refractivity contribution < 1.29 is 14.1 Å². The largest absolute Gasteiger partial charge is 0.381 e. The number of ether oxygens (including phenoxy) is 1. The highest BCUT2D eigenvalue weighted by Crippen LogP contribution is 2.46. The number of carbonyl (C=O) groups excluding carboxylic acids is 1. The van der Waals surface area contributed by atoms with E-state index in [1.165, 1.54) is 12.8 Å². The van der Waals surface area contributed by atoms with Crippen molar-refractivity contribution in [1.29, 1.82) is 0 Å². The fraction of sp³-hybridized carbons (Fsp3) is 0.652. The molecule has 1 saturated carbocycles. The maximum Gasteiger partial charge on any atom is 0.255 e. The fourth-order valence-electron chi connectivity index (χ4n) is 5.04. The van der Waals surface area contributed by atoms with Gasteiger partial charge in [-0.2, -0.15) is 4.98 Å². The van der Waals surface area contributed by atoms with E-state index in [0.29, 0.717) is 18.0 Å². The van der Waals surface area contributed by atoms with E-state index in [-0.39, 0.29) is 17.2 Å². The van der Waals surface area contributed by atoms with Crippen molar-refractivity contribution in [3.8, 4) is 0 Å². The Bertz CT molecular complexity index is 903. The van der Waals surface area contributed by atoms with Crippen LogP contribution in [0, 0.1) is 12.8 Å². The van der Waals surface area contributed by atoms with Gasteiger partial charge in [0.15, 0.2) is 5.82 Å².